The van der Waals surface area contributed by atoms with Gasteiger partial charge < -0.3 is 5.73 Å². The number of benzene rings is 1. The van der Waals surface area contributed by atoms with E-state index in [-0.39, 0.29) is 11.2 Å². The van der Waals surface area contributed by atoms with Crippen molar-refractivity contribution < 1.29 is 4.79 Å². The van der Waals surface area contributed by atoms with Gasteiger partial charge in [0.15, 0.2) is 11.0 Å². The number of nitrogens with zero attached hydrogens (tertiary/aromatic N) is 3. The van der Waals surface area contributed by atoms with Gasteiger partial charge in [0.05, 0.1) is 10.3 Å². The van der Waals surface area contributed by atoms with Crippen molar-refractivity contribution in [1.29, 1.82) is 0 Å². The highest BCUT2D eigenvalue weighted by atomic mass is 35.5. The second-order valence-corrected chi connectivity index (χ2v) is 8.41. The second kappa shape index (κ2) is 7.98. The van der Waals surface area contributed by atoms with Crippen LogP contribution in [0.2, 0.25) is 10.0 Å². The van der Waals surface area contributed by atoms with Gasteiger partial charge in [-0.3, -0.25) is 9.36 Å². The summed E-state index contributed by atoms with van der Waals surface area (Å²) in [5, 5.41) is 10.2. The zero-order valence-corrected chi connectivity index (χ0v) is 16.2. The molecule has 8 heteroatoms. The molecule has 5 nitrogen and oxygen atoms in total. The molecule has 0 radical (unpaired) electrons. The van der Waals surface area contributed by atoms with Crippen molar-refractivity contribution in [2.45, 2.75) is 55.5 Å². The standard InChI is InChI=1S/C17H20Cl2N4OS/c1-10(15(20)24)25-17-22-21-16(13-8-7-11(18)9-14(13)19)23(17)12-5-3-2-4-6-12/h7-10,12H,2-6H2,1H3,(H2,20,24)/t10-/m1/s1. The summed E-state index contributed by atoms with van der Waals surface area (Å²) in [5.74, 6) is 0.349. The summed E-state index contributed by atoms with van der Waals surface area (Å²) in [5.41, 5.74) is 6.21. The van der Waals surface area contributed by atoms with Crippen LogP contribution in [-0.2, 0) is 4.79 Å². The topological polar surface area (TPSA) is 73.8 Å². The van der Waals surface area contributed by atoms with Gasteiger partial charge in [0, 0.05) is 16.6 Å². The largest absolute Gasteiger partial charge is 0.369 e. The van der Waals surface area contributed by atoms with Crippen molar-refractivity contribution in [1.82, 2.24) is 14.8 Å². The van der Waals surface area contributed by atoms with Gasteiger partial charge >= 0.3 is 0 Å². The number of rotatable bonds is 5. The first-order valence-electron chi connectivity index (χ1n) is 8.33. The maximum Gasteiger partial charge on any atom is 0.230 e. The molecular formula is C17H20Cl2N4OS. The van der Waals surface area contributed by atoms with Crippen LogP contribution in [0.25, 0.3) is 11.4 Å². The highest BCUT2D eigenvalue weighted by Crippen LogP contribution is 2.38. The lowest BCUT2D eigenvalue weighted by Crippen LogP contribution is -2.23. The number of aromatic nitrogens is 3. The van der Waals surface area contributed by atoms with E-state index in [4.69, 9.17) is 28.9 Å². The predicted molar refractivity (Wildman–Crippen MR) is 102 cm³/mol. The van der Waals surface area contributed by atoms with Crippen LogP contribution in [-0.4, -0.2) is 25.9 Å². The third kappa shape index (κ3) is 4.13. The van der Waals surface area contributed by atoms with Gasteiger partial charge in [0.1, 0.15) is 0 Å². The first kappa shape index (κ1) is 18.5. The molecule has 1 atom stereocenters. The lowest BCUT2D eigenvalue weighted by Gasteiger charge is -2.26. The van der Waals surface area contributed by atoms with Gasteiger partial charge in [-0.25, -0.2) is 0 Å². The quantitative estimate of drug-likeness (QED) is 0.738. The fourth-order valence-corrected chi connectivity index (χ4v) is 4.46. The Morgan fingerprint density at radius 3 is 2.64 bits per heavy atom. The summed E-state index contributed by atoms with van der Waals surface area (Å²) < 4.78 is 2.12. The smallest absolute Gasteiger partial charge is 0.230 e. The van der Waals surface area contributed by atoms with Crippen LogP contribution in [0, 0.1) is 0 Å². The first-order chi connectivity index (χ1) is 12.0. The maximum absolute atomic E-state index is 11.5. The molecule has 2 aromatic rings. The summed E-state index contributed by atoms with van der Waals surface area (Å²) in [7, 11) is 0. The minimum Gasteiger partial charge on any atom is -0.369 e. The van der Waals surface area contributed by atoms with Crippen LogP contribution >= 0.6 is 35.0 Å². The summed E-state index contributed by atoms with van der Waals surface area (Å²) in [4.78, 5) is 11.5. The highest BCUT2D eigenvalue weighted by Gasteiger charge is 2.26. The summed E-state index contributed by atoms with van der Waals surface area (Å²) in [6.07, 6.45) is 5.72. The van der Waals surface area contributed by atoms with Crippen molar-refractivity contribution >= 4 is 40.9 Å². The molecule has 1 heterocycles. The molecule has 0 spiro atoms. The molecule has 2 N–H and O–H groups in total. The Morgan fingerprint density at radius 1 is 1.28 bits per heavy atom. The predicted octanol–water partition coefficient (Wildman–Crippen LogP) is 4.72. The molecule has 1 saturated carbocycles. The molecule has 3 rings (SSSR count). The third-order valence-corrected chi connectivity index (χ3v) is 6.08. The SMILES string of the molecule is C[C@@H](Sc1nnc(-c2ccc(Cl)cc2Cl)n1C1CCCCC1)C(N)=O. The lowest BCUT2D eigenvalue weighted by atomic mass is 9.95. The van der Waals surface area contributed by atoms with Crippen molar-refractivity contribution in [3.05, 3.63) is 28.2 Å². The number of hydrogen-bond acceptors (Lipinski definition) is 4. The number of primary amides is 1. The normalized spacial score (nSPS) is 16.8. The fraction of sp³-hybridized carbons (Fsp3) is 0.471. The molecule has 0 saturated heterocycles. The van der Waals surface area contributed by atoms with Crippen LogP contribution in [0.5, 0.6) is 0 Å². The van der Waals surface area contributed by atoms with Crippen LogP contribution in [0.3, 0.4) is 0 Å². The molecule has 1 amide bonds. The molecule has 1 aliphatic rings. The van der Waals surface area contributed by atoms with Crippen LogP contribution in [0.1, 0.15) is 45.1 Å². The molecule has 1 fully saturated rings. The fourth-order valence-electron chi connectivity index (χ4n) is 3.10. The van der Waals surface area contributed by atoms with Gasteiger partial charge in [0.25, 0.3) is 0 Å². The molecule has 1 aliphatic carbocycles. The Hall–Kier alpha value is -1.24. The number of hydrogen-bond donors (Lipinski definition) is 1. The summed E-state index contributed by atoms with van der Waals surface area (Å²) >= 11 is 13.8. The highest BCUT2D eigenvalue weighted by molar-refractivity contribution is 8.00. The van der Waals surface area contributed by atoms with Gasteiger partial charge in [-0.2, -0.15) is 0 Å². The van der Waals surface area contributed by atoms with Crippen LogP contribution < -0.4 is 5.73 Å². The van der Waals surface area contributed by atoms with E-state index < -0.39 is 0 Å². The molecule has 1 aromatic carbocycles. The zero-order valence-electron chi connectivity index (χ0n) is 13.9. The van der Waals surface area contributed by atoms with E-state index in [0.29, 0.717) is 27.1 Å². The maximum atomic E-state index is 11.5. The molecule has 0 unspecified atom stereocenters. The van der Waals surface area contributed by atoms with Gasteiger partial charge in [-0.05, 0) is 38.0 Å². The van der Waals surface area contributed by atoms with E-state index in [1.54, 1.807) is 19.1 Å². The number of carbonyl (C=O) groups is 1. The molecule has 1 aromatic heterocycles. The molecule has 0 aliphatic heterocycles. The van der Waals surface area contributed by atoms with Crippen molar-refractivity contribution in [3.8, 4) is 11.4 Å². The Bertz CT molecular complexity index is 774. The van der Waals surface area contributed by atoms with E-state index in [1.165, 1.54) is 31.0 Å². The average Bonchev–Trinajstić information content (AvgIpc) is 2.98. The van der Waals surface area contributed by atoms with Crippen molar-refractivity contribution in [3.63, 3.8) is 0 Å². The number of halogens is 2. The van der Waals surface area contributed by atoms with Gasteiger partial charge in [-0.1, -0.05) is 54.2 Å². The second-order valence-electron chi connectivity index (χ2n) is 6.25. The van der Waals surface area contributed by atoms with E-state index >= 15 is 0 Å². The Labute approximate surface area is 161 Å². The number of carbonyl (C=O) groups excluding carboxylic acids is 1. The van der Waals surface area contributed by atoms with Gasteiger partial charge in [-0.15, -0.1) is 10.2 Å². The number of amides is 1. The molecule has 0 bridgehead atoms. The lowest BCUT2D eigenvalue weighted by molar-refractivity contribution is -0.117. The minimum absolute atomic E-state index is 0.299. The van der Waals surface area contributed by atoms with E-state index in [2.05, 4.69) is 14.8 Å². The van der Waals surface area contributed by atoms with Gasteiger partial charge in [0.2, 0.25) is 5.91 Å². The van der Waals surface area contributed by atoms with E-state index in [0.717, 1.165) is 18.4 Å². The Morgan fingerprint density at radius 2 is 2.00 bits per heavy atom. The monoisotopic (exact) mass is 398 g/mol. The average molecular weight is 399 g/mol. The van der Waals surface area contributed by atoms with Crippen molar-refractivity contribution in [2.24, 2.45) is 5.73 Å². The molecular weight excluding hydrogens is 379 g/mol. The summed E-state index contributed by atoms with van der Waals surface area (Å²) in [6.45, 7) is 1.78. The number of nitrogens with two attached hydrogens (primary N) is 1. The van der Waals surface area contributed by atoms with E-state index in [9.17, 15) is 4.79 Å². The minimum atomic E-state index is -0.375. The number of thioether (sulfide) groups is 1. The summed E-state index contributed by atoms with van der Waals surface area (Å²) in [6, 6.07) is 5.66. The zero-order chi connectivity index (χ0) is 18.0. The van der Waals surface area contributed by atoms with Crippen LogP contribution in [0.15, 0.2) is 23.4 Å². The van der Waals surface area contributed by atoms with Crippen LogP contribution in [0.4, 0.5) is 0 Å². The van der Waals surface area contributed by atoms with E-state index in [1.807, 2.05) is 6.07 Å². The van der Waals surface area contributed by atoms with Crippen molar-refractivity contribution in [2.75, 3.05) is 0 Å². The third-order valence-electron chi connectivity index (χ3n) is 4.46. The Kier molecular flexibility index (Phi) is 5.92. The first-order valence-corrected chi connectivity index (χ1v) is 9.97. The molecule has 25 heavy (non-hydrogen) atoms. The molecule has 134 valence electrons. The Balaban J connectivity index is 2.05.